The highest BCUT2D eigenvalue weighted by atomic mass is 19.4. The molecule has 25 heavy (non-hydrogen) atoms. The van der Waals surface area contributed by atoms with E-state index in [1.807, 2.05) is 13.8 Å². The van der Waals surface area contributed by atoms with Gasteiger partial charge in [-0.25, -0.2) is 14.6 Å². The molecule has 0 fully saturated rings. The van der Waals surface area contributed by atoms with Crippen LogP contribution in [-0.4, -0.2) is 30.1 Å². The van der Waals surface area contributed by atoms with Crippen molar-refractivity contribution in [2.24, 2.45) is 0 Å². The second-order valence-electron chi connectivity index (χ2n) is 5.74. The molecule has 9 heteroatoms. The number of aromatic hydroxyl groups is 1. The minimum atomic E-state index is -4.58. The van der Waals surface area contributed by atoms with Gasteiger partial charge in [-0.1, -0.05) is 25.1 Å². The lowest BCUT2D eigenvalue weighted by Crippen LogP contribution is -2.05. The Kier molecular flexibility index (Phi) is 4.15. The number of aromatic nitrogens is 5. The standard InChI is InChI=1S/C16H14F3N5O/c1-9(2)10-3-4-13(24-7-14(22-23-24)16(17,18)19)11(5-10)12-6-15(25)21-8-20-12/h3-9H,1-2H3,(H,20,21,25). The van der Waals surface area contributed by atoms with E-state index in [1.54, 1.807) is 18.2 Å². The van der Waals surface area contributed by atoms with E-state index in [4.69, 9.17) is 0 Å². The Morgan fingerprint density at radius 1 is 1.12 bits per heavy atom. The molecule has 0 saturated carbocycles. The van der Waals surface area contributed by atoms with Gasteiger partial charge in [0.05, 0.1) is 17.6 Å². The van der Waals surface area contributed by atoms with Crippen LogP contribution in [-0.2, 0) is 6.18 Å². The summed E-state index contributed by atoms with van der Waals surface area (Å²) in [6, 6.07) is 6.60. The molecule has 0 aliphatic heterocycles. The van der Waals surface area contributed by atoms with E-state index >= 15 is 0 Å². The lowest BCUT2D eigenvalue weighted by molar-refractivity contribution is -0.141. The second-order valence-corrected chi connectivity index (χ2v) is 5.74. The summed E-state index contributed by atoms with van der Waals surface area (Å²) < 4.78 is 39.4. The van der Waals surface area contributed by atoms with Gasteiger partial charge in [0.2, 0.25) is 5.88 Å². The van der Waals surface area contributed by atoms with Crippen LogP contribution in [0.5, 0.6) is 5.88 Å². The first-order valence-corrected chi connectivity index (χ1v) is 7.41. The van der Waals surface area contributed by atoms with E-state index in [1.165, 1.54) is 12.4 Å². The van der Waals surface area contributed by atoms with Crippen LogP contribution in [0.3, 0.4) is 0 Å². The Hall–Kier alpha value is -2.97. The number of halogens is 3. The third-order valence-corrected chi connectivity index (χ3v) is 3.65. The van der Waals surface area contributed by atoms with Gasteiger partial charge in [-0.2, -0.15) is 13.2 Å². The monoisotopic (exact) mass is 349 g/mol. The average Bonchev–Trinajstić information content (AvgIpc) is 3.04. The lowest BCUT2D eigenvalue weighted by Gasteiger charge is -2.13. The second kappa shape index (κ2) is 6.15. The molecule has 0 aliphatic carbocycles. The Bertz CT molecular complexity index is 905. The van der Waals surface area contributed by atoms with Crippen LogP contribution in [0.4, 0.5) is 13.2 Å². The first-order chi connectivity index (χ1) is 11.8. The Morgan fingerprint density at radius 2 is 1.88 bits per heavy atom. The molecule has 0 amide bonds. The molecule has 0 radical (unpaired) electrons. The third kappa shape index (κ3) is 3.44. The predicted molar refractivity (Wildman–Crippen MR) is 83.1 cm³/mol. The van der Waals surface area contributed by atoms with E-state index < -0.39 is 11.9 Å². The van der Waals surface area contributed by atoms with Crippen LogP contribution in [0.1, 0.15) is 31.0 Å². The molecule has 3 rings (SSSR count). The fraction of sp³-hybridized carbons (Fsp3) is 0.250. The molecule has 3 aromatic rings. The maximum atomic E-state index is 12.8. The largest absolute Gasteiger partial charge is 0.493 e. The van der Waals surface area contributed by atoms with E-state index in [0.717, 1.165) is 16.4 Å². The summed E-state index contributed by atoms with van der Waals surface area (Å²) in [4.78, 5) is 7.72. The molecule has 0 atom stereocenters. The van der Waals surface area contributed by atoms with Crippen LogP contribution in [0.15, 0.2) is 36.8 Å². The highest BCUT2D eigenvalue weighted by Gasteiger charge is 2.34. The zero-order chi connectivity index (χ0) is 18.2. The van der Waals surface area contributed by atoms with Gasteiger partial charge < -0.3 is 5.11 Å². The average molecular weight is 349 g/mol. The molecule has 0 aliphatic rings. The Morgan fingerprint density at radius 3 is 2.48 bits per heavy atom. The zero-order valence-electron chi connectivity index (χ0n) is 13.4. The molecule has 2 aromatic heterocycles. The SMILES string of the molecule is CC(C)c1ccc(-n2cc(C(F)(F)F)nn2)c(-c2cc(O)ncn2)c1. The van der Waals surface area contributed by atoms with E-state index in [2.05, 4.69) is 20.3 Å². The zero-order valence-corrected chi connectivity index (χ0v) is 13.4. The van der Waals surface area contributed by atoms with Gasteiger partial charge >= 0.3 is 6.18 Å². The van der Waals surface area contributed by atoms with Crippen LogP contribution < -0.4 is 0 Å². The quantitative estimate of drug-likeness (QED) is 0.782. The van der Waals surface area contributed by atoms with Gasteiger partial charge in [-0.15, -0.1) is 5.10 Å². The Labute approximate surface area is 141 Å². The van der Waals surface area contributed by atoms with Crippen LogP contribution in [0, 0.1) is 0 Å². The van der Waals surface area contributed by atoms with Crippen molar-refractivity contribution in [1.82, 2.24) is 25.0 Å². The number of hydrogen-bond donors (Lipinski definition) is 1. The molecule has 0 bridgehead atoms. The molecule has 1 N–H and O–H groups in total. The van der Waals surface area contributed by atoms with Gasteiger partial charge in [0.25, 0.3) is 0 Å². The number of benzene rings is 1. The summed E-state index contributed by atoms with van der Waals surface area (Å²) >= 11 is 0. The van der Waals surface area contributed by atoms with Gasteiger partial charge in [0.15, 0.2) is 5.69 Å². The minimum Gasteiger partial charge on any atom is -0.493 e. The highest BCUT2D eigenvalue weighted by molar-refractivity contribution is 5.71. The third-order valence-electron chi connectivity index (χ3n) is 3.65. The first-order valence-electron chi connectivity index (χ1n) is 7.41. The highest BCUT2D eigenvalue weighted by Crippen LogP contribution is 2.32. The fourth-order valence-corrected chi connectivity index (χ4v) is 2.32. The maximum Gasteiger partial charge on any atom is 0.436 e. The molecule has 130 valence electrons. The lowest BCUT2D eigenvalue weighted by atomic mass is 9.98. The van der Waals surface area contributed by atoms with Crippen molar-refractivity contribution in [3.8, 4) is 22.8 Å². The number of alkyl halides is 3. The normalized spacial score (nSPS) is 11.9. The number of rotatable bonds is 3. The van der Waals surface area contributed by atoms with Crippen LogP contribution >= 0.6 is 0 Å². The fourth-order valence-electron chi connectivity index (χ4n) is 2.32. The van der Waals surface area contributed by atoms with Crippen molar-refractivity contribution in [2.45, 2.75) is 25.9 Å². The van der Waals surface area contributed by atoms with Crippen molar-refractivity contribution < 1.29 is 18.3 Å². The van der Waals surface area contributed by atoms with Crippen molar-refractivity contribution >= 4 is 0 Å². The van der Waals surface area contributed by atoms with Crippen molar-refractivity contribution in [3.63, 3.8) is 0 Å². The molecule has 0 unspecified atom stereocenters. The van der Waals surface area contributed by atoms with Gasteiger partial charge in [0.1, 0.15) is 6.33 Å². The van der Waals surface area contributed by atoms with Crippen molar-refractivity contribution in [1.29, 1.82) is 0 Å². The van der Waals surface area contributed by atoms with Crippen LogP contribution in [0.2, 0.25) is 0 Å². The van der Waals surface area contributed by atoms with E-state index in [0.29, 0.717) is 16.9 Å². The number of hydrogen-bond acceptors (Lipinski definition) is 5. The van der Waals surface area contributed by atoms with Crippen molar-refractivity contribution in [3.05, 3.63) is 48.0 Å². The summed E-state index contributed by atoms with van der Waals surface area (Å²) in [6.45, 7) is 3.99. The number of nitrogens with zero attached hydrogens (tertiary/aromatic N) is 5. The Balaban J connectivity index is 2.18. The molecule has 0 saturated heterocycles. The molecule has 6 nitrogen and oxygen atoms in total. The summed E-state index contributed by atoms with van der Waals surface area (Å²) in [5, 5.41) is 16.3. The van der Waals surface area contributed by atoms with Crippen LogP contribution in [0.25, 0.3) is 16.9 Å². The molecular weight excluding hydrogens is 335 g/mol. The van der Waals surface area contributed by atoms with E-state index in [-0.39, 0.29) is 11.8 Å². The predicted octanol–water partition coefficient (Wildman–Crippen LogP) is 3.57. The molecule has 1 aromatic carbocycles. The molecule has 2 heterocycles. The maximum absolute atomic E-state index is 12.8. The summed E-state index contributed by atoms with van der Waals surface area (Å²) in [5.41, 5.74) is 1.13. The first kappa shape index (κ1) is 16.9. The molecule has 0 spiro atoms. The minimum absolute atomic E-state index is 0.199. The summed E-state index contributed by atoms with van der Waals surface area (Å²) in [7, 11) is 0. The van der Waals surface area contributed by atoms with Gasteiger partial charge in [0, 0.05) is 11.6 Å². The van der Waals surface area contributed by atoms with Crippen molar-refractivity contribution in [2.75, 3.05) is 0 Å². The topological polar surface area (TPSA) is 76.7 Å². The van der Waals surface area contributed by atoms with Gasteiger partial charge in [-0.3, -0.25) is 0 Å². The van der Waals surface area contributed by atoms with E-state index in [9.17, 15) is 18.3 Å². The summed E-state index contributed by atoms with van der Waals surface area (Å²) in [5.74, 6) is -0.0369. The smallest absolute Gasteiger partial charge is 0.436 e. The molecular formula is C16H14F3N5O. The van der Waals surface area contributed by atoms with Gasteiger partial charge in [-0.05, 0) is 23.6 Å². The summed E-state index contributed by atoms with van der Waals surface area (Å²) in [6.07, 6.45) is -2.59.